The minimum atomic E-state index is -0.561. The molecule has 4 nitrogen and oxygen atoms in total. The molecule has 0 aliphatic rings. The van der Waals surface area contributed by atoms with E-state index in [9.17, 15) is 4.79 Å². The molecule has 0 atom stereocenters. The standard InChI is InChI=1S/C12H9NO3/c1-8-13-10-5-3-9(7-11(10)16-8)4-6-12(14)15-2/h3,5,7H,1-2H3. The number of hydrogen-bond donors (Lipinski definition) is 0. The molecule has 16 heavy (non-hydrogen) atoms. The summed E-state index contributed by atoms with van der Waals surface area (Å²) in [6, 6.07) is 5.32. The molecule has 1 aromatic carbocycles. The highest BCUT2D eigenvalue weighted by Crippen LogP contribution is 2.16. The zero-order valence-electron chi connectivity index (χ0n) is 8.90. The fourth-order valence-electron chi connectivity index (χ4n) is 1.29. The lowest BCUT2D eigenvalue weighted by Gasteiger charge is -1.89. The van der Waals surface area contributed by atoms with Crippen molar-refractivity contribution in [2.24, 2.45) is 0 Å². The number of carbonyl (C=O) groups excluding carboxylic acids is 1. The Bertz CT molecular complexity index is 601. The smallest absolute Gasteiger partial charge is 0.384 e. The lowest BCUT2D eigenvalue weighted by molar-refractivity contribution is -0.133. The minimum absolute atomic E-state index is 0.561. The Hall–Kier alpha value is -2.28. The van der Waals surface area contributed by atoms with Crippen LogP contribution in [0.4, 0.5) is 0 Å². The third-order valence-corrected chi connectivity index (χ3v) is 1.99. The Morgan fingerprint density at radius 3 is 3.06 bits per heavy atom. The van der Waals surface area contributed by atoms with Crippen LogP contribution in [0.2, 0.25) is 0 Å². The monoisotopic (exact) mass is 215 g/mol. The van der Waals surface area contributed by atoms with Gasteiger partial charge in [-0.3, -0.25) is 0 Å². The molecule has 0 amide bonds. The van der Waals surface area contributed by atoms with Crippen molar-refractivity contribution < 1.29 is 13.9 Å². The van der Waals surface area contributed by atoms with Crippen LogP contribution in [0.1, 0.15) is 11.5 Å². The summed E-state index contributed by atoms with van der Waals surface area (Å²) in [7, 11) is 1.29. The van der Waals surface area contributed by atoms with E-state index in [0.717, 1.165) is 5.52 Å². The van der Waals surface area contributed by atoms with Crippen LogP contribution in [0.5, 0.6) is 0 Å². The lowest BCUT2D eigenvalue weighted by atomic mass is 10.2. The van der Waals surface area contributed by atoms with Gasteiger partial charge in [-0.2, -0.15) is 0 Å². The van der Waals surface area contributed by atoms with Crippen molar-refractivity contribution in [3.05, 3.63) is 29.7 Å². The van der Waals surface area contributed by atoms with E-state index in [1.165, 1.54) is 7.11 Å². The zero-order chi connectivity index (χ0) is 11.5. The summed E-state index contributed by atoms with van der Waals surface area (Å²) in [6.07, 6.45) is 0. The molecule has 2 aromatic rings. The predicted molar refractivity (Wildman–Crippen MR) is 57.6 cm³/mol. The highest BCUT2D eigenvalue weighted by atomic mass is 16.5. The van der Waals surface area contributed by atoms with E-state index in [2.05, 4.69) is 21.6 Å². The number of carbonyl (C=O) groups is 1. The van der Waals surface area contributed by atoms with E-state index in [1.807, 2.05) is 0 Å². The maximum absolute atomic E-state index is 10.8. The number of ether oxygens (including phenoxy) is 1. The van der Waals surface area contributed by atoms with Crippen LogP contribution in [-0.4, -0.2) is 18.1 Å². The van der Waals surface area contributed by atoms with Gasteiger partial charge < -0.3 is 9.15 Å². The molecule has 0 aliphatic carbocycles. The topological polar surface area (TPSA) is 52.3 Å². The largest absolute Gasteiger partial charge is 0.459 e. The van der Waals surface area contributed by atoms with Gasteiger partial charge in [-0.1, -0.05) is 5.92 Å². The van der Waals surface area contributed by atoms with Gasteiger partial charge in [0.1, 0.15) is 5.52 Å². The Labute approximate surface area is 92.2 Å². The highest BCUT2D eigenvalue weighted by molar-refractivity contribution is 5.89. The number of methoxy groups -OCH3 is 1. The van der Waals surface area contributed by atoms with Gasteiger partial charge in [0.2, 0.25) is 0 Å². The van der Waals surface area contributed by atoms with Crippen LogP contribution in [0.15, 0.2) is 22.6 Å². The van der Waals surface area contributed by atoms with Gasteiger partial charge in [0.25, 0.3) is 0 Å². The number of oxazole rings is 1. The second-order valence-electron chi connectivity index (χ2n) is 3.16. The Balaban J connectivity index is 2.38. The SMILES string of the molecule is COC(=O)C#Cc1ccc2nc(C)oc2c1. The second kappa shape index (κ2) is 4.07. The molecule has 0 bridgehead atoms. The molecular weight excluding hydrogens is 206 g/mol. The van der Waals surface area contributed by atoms with Crippen molar-refractivity contribution in [1.29, 1.82) is 0 Å². The van der Waals surface area contributed by atoms with Crippen molar-refractivity contribution in [1.82, 2.24) is 4.98 Å². The summed E-state index contributed by atoms with van der Waals surface area (Å²) in [5.41, 5.74) is 2.13. The van der Waals surface area contributed by atoms with Gasteiger partial charge in [-0.15, -0.1) is 0 Å². The first-order chi connectivity index (χ1) is 7.69. The third-order valence-electron chi connectivity index (χ3n) is 1.99. The van der Waals surface area contributed by atoms with Crippen molar-refractivity contribution in [2.75, 3.05) is 7.11 Å². The molecule has 1 heterocycles. The van der Waals surface area contributed by atoms with Gasteiger partial charge in [0, 0.05) is 18.4 Å². The van der Waals surface area contributed by atoms with Gasteiger partial charge in [0.15, 0.2) is 11.5 Å². The molecule has 0 radical (unpaired) electrons. The van der Waals surface area contributed by atoms with E-state index < -0.39 is 5.97 Å². The minimum Gasteiger partial charge on any atom is -0.459 e. The van der Waals surface area contributed by atoms with E-state index in [4.69, 9.17) is 4.42 Å². The maximum Gasteiger partial charge on any atom is 0.384 e. The number of rotatable bonds is 0. The molecule has 0 aliphatic heterocycles. The van der Waals surface area contributed by atoms with Crippen molar-refractivity contribution in [2.45, 2.75) is 6.92 Å². The Morgan fingerprint density at radius 2 is 2.31 bits per heavy atom. The molecule has 0 fully saturated rings. The van der Waals surface area contributed by atoms with Crippen molar-refractivity contribution in [3.8, 4) is 11.8 Å². The molecule has 0 N–H and O–H groups in total. The number of aryl methyl sites for hydroxylation is 1. The third kappa shape index (κ3) is 2.04. The molecule has 1 aromatic heterocycles. The number of esters is 1. The first-order valence-corrected chi connectivity index (χ1v) is 4.66. The van der Waals surface area contributed by atoms with Gasteiger partial charge in [-0.25, -0.2) is 9.78 Å². The summed E-state index contributed by atoms with van der Waals surface area (Å²) >= 11 is 0. The average molecular weight is 215 g/mol. The summed E-state index contributed by atoms with van der Waals surface area (Å²) in [6.45, 7) is 1.78. The van der Waals surface area contributed by atoms with E-state index in [0.29, 0.717) is 17.0 Å². The summed E-state index contributed by atoms with van der Waals surface area (Å²) in [5.74, 6) is 5.07. The van der Waals surface area contributed by atoms with E-state index >= 15 is 0 Å². The first-order valence-electron chi connectivity index (χ1n) is 4.66. The van der Waals surface area contributed by atoms with Crippen LogP contribution >= 0.6 is 0 Å². The van der Waals surface area contributed by atoms with Gasteiger partial charge >= 0.3 is 5.97 Å². The maximum atomic E-state index is 10.8. The number of aromatic nitrogens is 1. The fraction of sp³-hybridized carbons (Fsp3) is 0.167. The van der Waals surface area contributed by atoms with Gasteiger partial charge in [-0.05, 0) is 18.2 Å². The highest BCUT2D eigenvalue weighted by Gasteiger charge is 2.01. The molecule has 4 heteroatoms. The van der Waals surface area contributed by atoms with Crippen LogP contribution in [0.25, 0.3) is 11.1 Å². The first kappa shape index (κ1) is 10.2. The number of benzene rings is 1. The molecule has 80 valence electrons. The molecule has 0 spiro atoms. The molecule has 0 saturated carbocycles. The average Bonchev–Trinajstić information content (AvgIpc) is 2.65. The molecular formula is C12H9NO3. The molecule has 0 unspecified atom stereocenters. The summed E-state index contributed by atoms with van der Waals surface area (Å²) in [5, 5.41) is 0. The van der Waals surface area contributed by atoms with Crippen LogP contribution < -0.4 is 0 Å². The van der Waals surface area contributed by atoms with Gasteiger partial charge in [0.05, 0.1) is 7.11 Å². The quantitative estimate of drug-likeness (QED) is 0.495. The predicted octanol–water partition coefficient (Wildman–Crippen LogP) is 1.66. The van der Waals surface area contributed by atoms with Crippen LogP contribution in [0, 0.1) is 18.8 Å². The summed E-state index contributed by atoms with van der Waals surface area (Å²) < 4.78 is 9.76. The van der Waals surface area contributed by atoms with Crippen LogP contribution in [-0.2, 0) is 9.53 Å². The van der Waals surface area contributed by atoms with Crippen molar-refractivity contribution >= 4 is 17.1 Å². The normalized spacial score (nSPS) is 9.62. The Morgan fingerprint density at radius 1 is 1.50 bits per heavy atom. The number of hydrogen-bond acceptors (Lipinski definition) is 4. The number of fused-ring (bicyclic) bond motifs is 1. The van der Waals surface area contributed by atoms with Crippen LogP contribution in [0.3, 0.4) is 0 Å². The zero-order valence-corrected chi connectivity index (χ0v) is 8.90. The van der Waals surface area contributed by atoms with E-state index in [1.54, 1.807) is 25.1 Å². The fourth-order valence-corrected chi connectivity index (χ4v) is 1.29. The number of nitrogens with zero attached hydrogens (tertiary/aromatic N) is 1. The molecule has 0 saturated heterocycles. The second-order valence-corrected chi connectivity index (χ2v) is 3.16. The van der Waals surface area contributed by atoms with Crippen molar-refractivity contribution in [3.63, 3.8) is 0 Å². The summed E-state index contributed by atoms with van der Waals surface area (Å²) in [4.78, 5) is 15.0. The molecule has 2 rings (SSSR count). The Kier molecular flexibility index (Phi) is 2.61. The lowest BCUT2D eigenvalue weighted by Crippen LogP contribution is -1.94. The van der Waals surface area contributed by atoms with E-state index in [-0.39, 0.29) is 0 Å².